The number of nitrogens with zero attached hydrogens (tertiary/aromatic N) is 3. The van der Waals surface area contributed by atoms with Gasteiger partial charge in [-0.15, -0.1) is 0 Å². The summed E-state index contributed by atoms with van der Waals surface area (Å²) in [5.74, 6) is -4.34. The number of alkyl halides is 3. The van der Waals surface area contributed by atoms with Crippen molar-refractivity contribution in [2.75, 3.05) is 0 Å². The van der Waals surface area contributed by atoms with Crippen molar-refractivity contribution in [1.29, 1.82) is 0 Å². The second-order valence-corrected chi connectivity index (χ2v) is 5.09. The minimum atomic E-state index is -4.90. The first-order valence-electron chi connectivity index (χ1n) is 5.81. The molecule has 2 rings (SSSR count). The van der Waals surface area contributed by atoms with Crippen LogP contribution in [0.4, 0.5) is 27.6 Å². The molecule has 4 nitrogen and oxygen atoms in total. The molecule has 0 aromatic heterocycles. The third kappa shape index (κ3) is 3.91. The Hall–Kier alpha value is -2.32. The highest BCUT2D eigenvalue weighted by Gasteiger charge is 2.33. The summed E-state index contributed by atoms with van der Waals surface area (Å²) >= 11 is 3.08. The van der Waals surface area contributed by atoms with Gasteiger partial charge in [-0.2, -0.15) is 13.2 Å². The largest absolute Gasteiger partial charge is 0.451 e. The maximum absolute atomic E-state index is 13.8. The maximum Gasteiger partial charge on any atom is 0.416 e. The van der Waals surface area contributed by atoms with Gasteiger partial charge in [0.05, 0.1) is 11.3 Å². The molecular formula is C13H5BrF5N3O. The predicted molar refractivity (Wildman–Crippen MR) is 74.4 cm³/mol. The number of ether oxygens (including phenoxy) is 1. The van der Waals surface area contributed by atoms with E-state index in [-0.39, 0.29) is 23.6 Å². The molecule has 0 unspecified atom stereocenters. The van der Waals surface area contributed by atoms with Crippen LogP contribution in [0.15, 0.2) is 39.9 Å². The summed E-state index contributed by atoms with van der Waals surface area (Å²) in [6.07, 6.45) is -4.90. The molecule has 0 amide bonds. The van der Waals surface area contributed by atoms with Crippen LogP contribution >= 0.6 is 15.9 Å². The molecule has 0 N–H and O–H groups in total. The Balaban J connectivity index is 2.49. The van der Waals surface area contributed by atoms with Crippen molar-refractivity contribution in [2.24, 2.45) is 5.11 Å². The SMILES string of the molecule is [N-]=[N+]=Nc1ccc(Br)cc1Oc1c(F)cc(C(F)(F)F)cc1F. The van der Waals surface area contributed by atoms with E-state index >= 15 is 0 Å². The standard InChI is InChI=1S/C13H5BrF5N3O/c14-7-1-2-10(21-22-20)11(5-7)23-12-8(15)3-6(4-9(12)16)13(17,18)19/h1-5H. The van der Waals surface area contributed by atoms with E-state index in [0.29, 0.717) is 4.47 Å². The first kappa shape index (κ1) is 17.0. The van der Waals surface area contributed by atoms with E-state index in [0.717, 1.165) is 0 Å². The summed E-state index contributed by atoms with van der Waals surface area (Å²) in [6, 6.07) is 4.27. The number of benzene rings is 2. The number of hydrogen-bond donors (Lipinski definition) is 0. The number of azide groups is 1. The van der Waals surface area contributed by atoms with Crippen LogP contribution in [0, 0.1) is 11.6 Å². The second-order valence-electron chi connectivity index (χ2n) is 4.17. The molecule has 0 saturated heterocycles. The molecular weight excluding hydrogens is 389 g/mol. The smallest absolute Gasteiger partial charge is 0.416 e. The van der Waals surface area contributed by atoms with Gasteiger partial charge in [0.1, 0.15) is 5.75 Å². The van der Waals surface area contributed by atoms with Crippen LogP contribution in [0.5, 0.6) is 11.5 Å². The highest BCUT2D eigenvalue weighted by atomic mass is 79.9. The first-order valence-corrected chi connectivity index (χ1v) is 6.60. The Morgan fingerprint density at radius 1 is 1.09 bits per heavy atom. The van der Waals surface area contributed by atoms with Crippen molar-refractivity contribution < 1.29 is 26.7 Å². The zero-order valence-corrected chi connectivity index (χ0v) is 12.5. The maximum atomic E-state index is 13.8. The third-order valence-corrected chi connectivity index (χ3v) is 3.11. The van der Waals surface area contributed by atoms with E-state index < -0.39 is 29.1 Å². The van der Waals surface area contributed by atoms with Crippen molar-refractivity contribution in [1.82, 2.24) is 0 Å². The van der Waals surface area contributed by atoms with Gasteiger partial charge in [0.15, 0.2) is 17.4 Å². The molecule has 0 aliphatic heterocycles. The molecule has 0 atom stereocenters. The first-order chi connectivity index (χ1) is 10.7. The van der Waals surface area contributed by atoms with Gasteiger partial charge in [-0.1, -0.05) is 21.0 Å². The molecule has 0 heterocycles. The van der Waals surface area contributed by atoms with Gasteiger partial charge in [0, 0.05) is 9.38 Å². The molecule has 0 saturated carbocycles. The average Bonchev–Trinajstić information content (AvgIpc) is 2.44. The van der Waals surface area contributed by atoms with Gasteiger partial charge in [-0.3, -0.25) is 0 Å². The lowest BCUT2D eigenvalue weighted by molar-refractivity contribution is -0.138. The quantitative estimate of drug-likeness (QED) is 0.254. The Morgan fingerprint density at radius 2 is 1.70 bits per heavy atom. The second kappa shape index (κ2) is 6.43. The number of rotatable bonds is 3. The van der Waals surface area contributed by atoms with Crippen LogP contribution in [0.1, 0.15) is 5.56 Å². The number of hydrogen-bond acceptors (Lipinski definition) is 2. The molecule has 0 spiro atoms. The van der Waals surface area contributed by atoms with Gasteiger partial charge in [-0.25, -0.2) is 8.78 Å². The predicted octanol–water partition coefficient (Wildman–Crippen LogP) is 6.48. The Kier molecular flexibility index (Phi) is 4.76. The lowest BCUT2D eigenvalue weighted by Gasteiger charge is -2.13. The summed E-state index contributed by atoms with van der Waals surface area (Å²) < 4.78 is 70.4. The van der Waals surface area contributed by atoms with Crippen LogP contribution in [-0.2, 0) is 6.18 Å². The topological polar surface area (TPSA) is 58.0 Å². The molecule has 2 aromatic rings. The lowest BCUT2D eigenvalue weighted by atomic mass is 10.2. The molecule has 0 bridgehead atoms. The van der Waals surface area contributed by atoms with Crippen LogP contribution in [0.2, 0.25) is 0 Å². The van der Waals surface area contributed by atoms with E-state index in [2.05, 4.69) is 26.0 Å². The Bertz CT molecular complexity index is 780. The molecule has 10 heteroatoms. The van der Waals surface area contributed by atoms with Crippen molar-refractivity contribution in [3.63, 3.8) is 0 Å². The van der Waals surface area contributed by atoms with Gasteiger partial charge in [-0.05, 0) is 35.9 Å². The molecule has 0 fully saturated rings. The van der Waals surface area contributed by atoms with Crippen LogP contribution in [0.3, 0.4) is 0 Å². The summed E-state index contributed by atoms with van der Waals surface area (Å²) in [4.78, 5) is 2.52. The minimum absolute atomic E-state index is 0.0885. The van der Waals surface area contributed by atoms with Crippen LogP contribution < -0.4 is 4.74 Å². The van der Waals surface area contributed by atoms with E-state index in [4.69, 9.17) is 10.3 Å². The summed E-state index contributed by atoms with van der Waals surface area (Å²) in [5.41, 5.74) is 6.86. The Morgan fingerprint density at radius 3 is 2.22 bits per heavy atom. The normalized spacial score (nSPS) is 11.0. The minimum Gasteiger partial charge on any atom is -0.451 e. The van der Waals surface area contributed by atoms with Gasteiger partial charge in [0.25, 0.3) is 0 Å². The lowest BCUT2D eigenvalue weighted by Crippen LogP contribution is -2.07. The summed E-state index contributed by atoms with van der Waals surface area (Å²) in [6.45, 7) is 0. The Labute approximate surface area is 134 Å². The molecule has 0 radical (unpaired) electrons. The van der Waals surface area contributed by atoms with Gasteiger partial charge in [0.2, 0.25) is 0 Å². The van der Waals surface area contributed by atoms with E-state index in [1.54, 1.807) is 0 Å². The summed E-state index contributed by atoms with van der Waals surface area (Å²) in [7, 11) is 0. The van der Waals surface area contributed by atoms with Crippen molar-refractivity contribution in [3.8, 4) is 11.5 Å². The molecule has 23 heavy (non-hydrogen) atoms. The fraction of sp³-hybridized carbons (Fsp3) is 0.0769. The van der Waals surface area contributed by atoms with Gasteiger partial charge < -0.3 is 4.74 Å². The van der Waals surface area contributed by atoms with Crippen molar-refractivity contribution in [3.05, 3.63) is 62.4 Å². The fourth-order valence-corrected chi connectivity index (χ4v) is 1.97. The van der Waals surface area contributed by atoms with E-state index in [1.807, 2.05) is 0 Å². The average molecular weight is 394 g/mol. The molecule has 120 valence electrons. The molecule has 0 aliphatic rings. The summed E-state index contributed by atoms with van der Waals surface area (Å²) in [5, 5.41) is 3.27. The molecule has 0 aliphatic carbocycles. The monoisotopic (exact) mass is 393 g/mol. The van der Waals surface area contributed by atoms with Gasteiger partial charge >= 0.3 is 6.18 Å². The van der Waals surface area contributed by atoms with Crippen LogP contribution in [-0.4, -0.2) is 0 Å². The number of halogens is 6. The van der Waals surface area contributed by atoms with E-state index in [9.17, 15) is 22.0 Å². The van der Waals surface area contributed by atoms with E-state index in [1.165, 1.54) is 18.2 Å². The van der Waals surface area contributed by atoms with Crippen LogP contribution in [0.25, 0.3) is 10.4 Å². The zero-order valence-electron chi connectivity index (χ0n) is 10.9. The van der Waals surface area contributed by atoms with Crippen molar-refractivity contribution in [2.45, 2.75) is 6.18 Å². The highest BCUT2D eigenvalue weighted by Crippen LogP contribution is 2.39. The third-order valence-electron chi connectivity index (χ3n) is 2.61. The molecule has 2 aromatic carbocycles. The zero-order chi connectivity index (χ0) is 17.2. The fourth-order valence-electron chi connectivity index (χ4n) is 1.63. The van der Waals surface area contributed by atoms with Crippen molar-refractivity contribution >= 4 is 21.6 Å². The highest BCUT2D eigenvalue weighted by molar-refractivity contribution is 9.10.